The lowest BCUT2D eigenvalue weighted by atomic mass is 10.1. The maximum absolute atomic E-state index is 12.7. The summed E-state index contributed by atoms with van der Waals surface area (Å²) in [6, 6.07) is 0. The van der Waals surface area contributed by atoms with Gasteiger partial charge in [-0.25, -0.2) is 0 Å². The van der Waals surface area contributed by atoms with Crippen molar-refractivity contribution in [2.75, 3.05) is 13.2 Å². The Morgan fingerprint density at radius 1 is 0.318 bits per heavy atom. The minimum absolute atomic E-state index is 0.114. The van der Waals surface area contributed by atoms with Crippen molar-refractivity contribution < 1.29 is 28.6 Å². The van der Waals surface area contributed by atoms with E-state index in [1.807, 2.05) is 12.2 Å². The van der Waals surface area contributed by atoms with Gasteiger partial charge in [-0.15, -0.1) is 0 Å². The van der Waals surface area contributed by atoms with E-state index in [0.29, 0.717) is 19.3 Å². The van der Waals surface area contributed by atoms with Gasteiger partial charge in [0.25, 0.3) is 0 Å². The third kappa shape index (κ3) is 50.5. The normalized spacial score (nSPS) is 13.2. The maximum atomic E-state index is 12.7. The van der Waals surface area contributed by atoms with Gasteiger partial charge in [0, 0.05) is 19.3 Å². The molecule has 1 atom stereocenters. The molecule has 0 heterocycles. The van der Waals surface area contributed by atoms with E-state index in [9.17, 15) is 14.4 Å². The first-order valence-corrected chi connectivity index (χ1v) is 26.2. The number of hydrogen-bond acceptors (Lipinski definition) is 6. The average Bonchev–Trinajstić information content (AvgIpc) is 3.31. The highest BCUT2D eigenvalue weighted by molar-refractivity contribution is 5.71. The van der Waals surface area contributed by atoms with Crippen molar-refractivity contribution in [3.63, 3.8) is 0 Å². The quantitative estimate of drug-likeness (QED) is 0.0262. The van der Waals surface area contributed by atoms with Crippen molar-refractivity contribution in [1.29, 1.82) is 0 Å². The predicted molar refractivity (Wildman–Crippen MR) is 283 cm³/mol. The number of hydrogen-bond donors (Lipinski definition) is 0. The van der Waals surface area contributed by atoms with Crippen LogP contribution in [0.5, 0.6) is 0 Å². The van der Waals surface area contributed by atoms with E-state index in [4.69, 9.17) is 14.2 Å². The zero-order valence-corrected chi connectivity index (χ0v) is 42.1. The summed E-state index contributed by atoms with van der Waals surface area (Å²) in [6.07, 6.45) is 74.9. The second-order valence-electron chi connectivity index (χ2n) is 16.7. The van der Waals surface area contributed by atoms with Crippen molar-refractivity contribution in [2.24, 2.45) is 0 Å². The summed E-state index contributed by atoms with van der Waals surface area (Å²) in [5, 5.41) is 0. The van der Waals surface area contributed by atoms with Crippen molar-refractivity contribution in [3.05, 3.63) is 134 Å². The van der Waals surface area contributed by atoms with Gasteiger partial charge < -0.3 is 14.2 Å². The van der Waals surface area contributed by atoms with Crippen LogP contribution in [0.1, 0.15) is 207 Å². The van der Waals surface area contributed by atoms with Gasteiger partial charge in [-0.1, -0.05) is 219 Å². The lowest BCUT2D eigenvalue weighted by Gasteiger charge is -2.18. The Kier molecular flexibility index (Phi) is 49.6. The monoisotopic (exact) mass is 911 g/mol. The van der Waals surface area contributed by atoms with Crippen LogP contribution in [-0.4, -0.2) is 37.2 Å². The molecule has 1 unspecified atom stereocenters. The Bertz CT molecular complexity index is 1460. The van der Waals surface area contributed by atoms with Crippen LogP contribution in [0.15, 0.2) is 134 Å². The molecular formula is C60H94O6. The molecule has 0 radical (unpaired) electrons. The van der Waals surface area contributed by atoms with Crippen molar-refractivity contribution in [2.45, 2.75) is 213 Å². The second kappa shape index (κ2) is 53.2. The molecule has 0 N–H and O–H groups in total. The SMILES string of the molecule is CC/C=C\C/C=C\C/C=C\C/C=C\C/C=C\C/C=C\C/C=C\CCCCCCCCCC(=O)OCC(COC(=O)CCCCCCCC)OC(=O)CC/C=C\C/C=C\C/C=C\C/C=C\CC. The van der Waals surface area contributed by atoms with Gasteiger partial charge in [-0.3, -0.25) is 14.4 Å². The van der Waals surface area contributed by atoms with Crippen molar-refractivity contribution in [3.8, 4) is 0 Å². The van der Waals surface area contributed by atoms with Crippen LogP contribution in [-0.2, 0) is 28.6 Å². The van der Waals surface area contributed by atoms with Gasteiger partial charge in [0.05, 0.1) is 0 Å². The fourth-order valence-electron chi connectivity index (χ4n) is 6.55. The molecule has 0 rings (SSSR count). The second-order valence-corrected chi connectivity index (χ2v) is 16.7. The highest BCUT2D eigenvalue weighted by Crippen LogP contribution is 2.12. The fourth-order valence-corrected chi connectivity index (χ4v) is 6.55. The van der Waals surface area contributed by atoms with Crippen LogP contribution < -0.4 is 0 Å². The summed E-state index contributed by atoms with van der Waals surface area (Å²) in [4.78, 5) is 37.7. The van der Waals surface area contributed by atoms with E-state index >= 15 is 0 Å². The minimum Gasteiger partial charge on any atom is -0.462 e. The molecule has 0 saturated heterocycles. The van der Waals surface area contributed by atoms with Crippen molar-refractivity contribution >= 4 is 17.9 Å². The third-order valence-corrected chi connectivity index (χ3v) is 10.4. The summed E-state index contributed by atoms with van der Waals surface area (Å²) in [6.45, 7) is 6.24. The summed E-state index contributed by atoms with van der Waals surface area (Å²) in [7, 11) is 0. The number of carbonyl (C=O) groups is 3. The molecular weight excluding hydrogens is 817 g/mol. The first kappa shape index (κ1) is 61.5. The van der Waals surface area contributed by atoms with Crippen LogP contribution in [0.4, 0.5) is 0 Å². The molecule has 66 heavy (non-hydrogen) atoms. The van der Waals surface area contributed by atoms with Gasteiger partial charge in [0.2, 0.25) is 0 Å². The van der Waals surface area contributed by atoms with Crippen LogP contribution in [0.25, 0.3) is 0 Å². The van der Waals surface area contributed by atoms with E-state index in [2.05, 4.69) is 142 Å². The number of unbranched alkanes of at least 4 members (excludes halogenated alkanes) is 12. The molecule has 0 amide bonds. The molecule has 0 aliphatic heterocycles. The van der Waals surface area contributed by atoms with Crippen LogP contribution in [0, 0.1) is 0 Å². The van der Waals surface area contributed by atoms with E-state index in [-0.39, 0.29) is 31.6 Å². The Morgan fingerprint density at radius 3 is 0.985 bits per heavy atom. The van der Waals surface area contributed by atoms with E-state index in [1.54, 1.807) is 0 Å². The summed E-state index contributed by atoms with van der Waals surface area (Å²) >= 11 is 0. The molecule has 6 heteroatoms. The highest BCUT2D eigenvalue weighted by Gasteiger charge is 2.19. The summed E-state index contributed by atoms with van der Waals surface area (Å²) < 4.78 is 16.6. The Labute approximate surface area is 405 Å². The molecule has 0 aromatic heterocycles. The van der Waals surface area contributed by atoms with Gasteiger partial charge in [0.15, 0.2) is 6.10 Å². The molecule has 0 aliphatic rings. The van der Waals surface area contributed by atoms with Gasteiger partial charge >= 0.3 is 17.9 Å². The topological polar surface area (TPSA) is 78.9 Å². The highest BCUT2D eigenvalue weighted by atomic mass is 16.6. The molecule has 0 saturated carbocycles. The predicted octanol–water partition coefficient (Wildman–Crippen LogP) is 17.5. The Morgan fingerprint density at radius 2 is 0.621 bits per heavy atom. The first-order valence-electron chi connectivity index (χ1n) is 26.2. The lowest BCUT2D eigenvalue weighted by Crippen LogP contribution is -2.30. The first-order chi connectivity index (χ1) is 32.5. The molecule has 0 spiro atoms. The summed E-state index contributed by atoms with van der Waals surface area (Å²) in [5.74, 6) is -1.03. The maximum Gasteiger partial charge on any atom is 0.306 e. The fraction of sp³-hybridized carbons (Fsp3) is 0.583. The minimum atomic E-state index is -0.820. The molecule has 370 valence electrons. The molecule has 0 aliphatic carbocycles. The number of ether oxygens (including phenoxy) is 3. The molecule has 0 fully saturated rings. The van der Waals surface area contributed by atoms with E-state index in [0.717, 1.165) is 116 Å². The number of esters is 3. The number of allylic oxidation sites excluding steroid dienone is 22. The lowest BCUT2D eigenvalue weighted by molar-refractivity contribution is -0.166. The molecule has 0 aromatic rings. The largest absolute Gasteiger partial charge is 0.462 e. The van der Waals surface area contributed by atoms with Crippen molar-refractivity contribution in [1.82, 2.24) is 0 Å². The standard InChI is InChI=1S/C60H94O6/c1-4-7-10-13-16-18-20-22-23-24-25-26-27-28-29-30-31-32-33-34-35-36-37-39-40-42-44-47-50-53-59(62)65-56-57(55-64-58(61)52-49-46-15-12-9-6-3)66-60(63)54-51-48-45-43-41-38-21-19-17-14-11-8-5-2/h7-8,10-11,16-19,22-23,25-26,28-29,31-32,34-35,38,41,45,48,57H,4-6,9,12-15,20-21,24,27,30,33,36-37,39-40,42-44,46-47,49-56H2,1-3H3/b10-7-,11-8-,18-16-,19-17-,23-22-,26-25-,29-28-,32-31-,35-34-,41-38-,48-45-. The van der Waals surface area contributed by atoms with Gasteiger partial charge in [0.1, 0.15) is 13.2 Å². The third-order valence-electron chi connectivity index (χ3n) is 10.4. The Hall–Kier alpha value is -4.45. The molecule has 0 aromatic carbocycles. The van der Waals surface area contributed by atoms with Crippen LogP contribution in [0.2, 0.25) is 0 Å². The average molecular weight is 911 g/mol. The summed E-state index contributed by atoms with van der Waals surface area (Å²) in [5.41, 5.74) is 0. The Balaban J connectivity index is 4.22. The smallest absolute Gasteiger partial charge is 0.306 e. The van der Waals surface area contributed by atoms with Crippen LogP contribution >= 0.6 is 0 Å². The number of rotatable bonds is 45. The molecule has 6 nitrogen and oxygen atoms in total. The van der Waals surface area contributed by atoms with E-state index < -0.39 is 12.1 Å². The van der Waals surface area contributed by atoms with E-state index in [1.165, 1.54) is 44.9 Å². The zero-order chi connectivity index (χ0) is 47.9. The van der Waals surface area contributed by atoms with Gasteiger partial charge in [-0.2, -0.15) is 0 Å². The molecule has 0 bridgehead atoms. The van der Waals surface area contributed by atoms with Gasteiger partial charge in [-0.05, 0) is 103 Å². The number of carbonyl (C=O) groups excluding carboxylic acids is 3. The van der Waals surface area contributed by atoms with Crippen LogP contribution in [0.3, 0.4) is 0 Å². The zero-order valence-electron chi connectivity index (χ0n) is 42.1.